The van der Waals surface area contributed by atoms with Gasteiger partial charge in [0.15, 0.2) is 0 Å². The number of hydrogen-bond donors (Lipinski definition) is 0. The Labute approximate surface area is 144 Å². The van der Waals surface area contributed by atoms with Crippen LogP contribution in [0.15, 0.2) is 22.7 Å². The number of carbonyl (C=O) groups excluding carboxylic acids is 1. The topological polar surface area (TPSA) is 32.8 Å². The lowest BCUT2D eigenvalue weighted by molar-refractivity contribution is -0.142. The Hall–Kier alpha value is -0.980. The molecule has 1 aromatic rings. The van der Waals surface area contributed by atoms with Crippen molar-refractivity contribution in [3.8, 4) is 0 Å². The van der Waals surface area contributed by atoms with Gasteiger partial charge in [0.1, 0.15) is 5.82 Å². The molecule has 1 aromatic carbocycles. The minimum absolute atomic E-state index is 0.139. The molecule has 3 rings (SSSR count). The van der Waals surface area contributed by atoms with Crippen molar-refractivity contribution in [2.45, 2.75) is 31.8 Å². The first kappa shape index (κ1) is 16.9. The number of carbonyl (C=O) groups is 1. The van der Waals surface area contributed by atoms with Gasteiger partial charge in [-0.25, -0.2) is 4.39 Å². The van der Waals surface area contributed by atoms with Crippen LogP contribution in [0.4, 0.5) is 4.39 Å². The predicted octanol–water partition coefficient (Wildman–Crippen LogP) is 2.80. The average Bonchev–Trinajstić information content (AvgIpc) is 2.59. The molecule has 2 saturated heterocycles. The Morgan fingerprint density at radius 2 is 2.04 bits per heavy atom. The summed E-state index contributed by atoms with van der Waals surface area (Å²) in [6, 6.07) is 4.84. The molecule has 0 radical (unpaired) electrons. The van der Waals surface area contributed by atoms with E-state index >= 15 is 0 Å². The molecule has 2 fully saturated rings. The number of ether oxygens (including phenoxy) is 1. The maximum Gasteiger partial charge on any atom is 0.240 e. The van der Waals surface area contributed by atoms with Crippen molar-refractivity contribution in [3.63, 3.8) is 0 Å². The first-order valence-corrected chi connectivity index (χ1v) is 8.99. The van der Waals surface area contributed by atoms with Crippen LogP contribution in [0, 0.1) is 5.82 Å². The third-order valence-corrected chi connectivity index (χ3v) is 5.10. The fourth-order valence-electron chi connectivity index (χ4n) is 3.34. The van der Waals surface area contributed by atoms with E-state index in [0.717, 1.165) is 30.3 Å². The van der Waals surface area contributed by atoms with Crippen molar-refractivity contribution in [2.24, 2.45) is 0 Å². The first-order chi connectivity index (χ1) is 11.1. The lowest BCUT2D eigenvalue weighted by Gasteiger charge is -2.38. The third-order valence-electron chi connectivity index (χ3n) is 4.60. The van der Waals surface area contributed by atoms with Crippen LogP contribution in [0.1, 0.15) is 24.8 Å². The number of piperidine rings is 1. The number of amides is 1. The number of halogens is 2. The highest BCUT2D eigenvalue weighted by atomic mass is 79.9. The van der Waals surface area contributed by atoms with Crippen molar-refractivity contribution in [2.75, 3.05) is 32.8 Å². The molecular weight excluding hydrogens is 363 g/mol. The van der Waals surface area contributed by atoms with Gasteiger partial charge in [0.05, 0.1) is 19.3 Å². The van der Waals surface area contributed by atoms with Crippen LogP contribution >= 0.6 is 15.9 Å². The van der Waals surface area contributed by atoms with E-state index in [2.05, 4.69) is 20.8 Å². The fourth-order valence-corrected chi connectivity index (χ4v) is 3.75. The molecule has 1 atom stereocenters. The second-order valence-corrected chi connectivity index (χ2v) is 7.07. The maximum absolute atomic E-state index is 14.0. The van der Waals surface area contributed by atoms with Gasteiger partial charge in [0, 0.05) is 29.7 Å². The van der Waals surface area contributed by atoms with Gasteiger partial charge in [0.2, 0.25) is 5.91 Å². The van der Waals surface area contributed by atoms with Gasteiger partial charge in [-0.3, -0.25) is 9.69 Å². The molecule has 1 amide bonds. The zero-order chi connectivity index (χ0) is 16.2. The van der Waals surface area contributed by atoms with E-state index < -0.39 is 0 Å². The molecule has 0 N–H and O–H groups in total. The Morgan fingerprint density at radius 3 is 2.83 bits per heavy atom. The number of nitrogens with zero attached hydrogens (tertiary/aromatic N) is 2. The van der Waals surface area contributed by atoms with E-state index in [-0.39, 0.29) is 17.8 Å². The summed E-state index contributed by atoms with van der Waals surface area (Å²) in [5.74, 6) is -0.0419. The molecule has 0 aromatic heterocycles. The maximum atomic E-state index is 14.0. The van der Waals surface area contributed by atoms with E-state index in [1.807, 2.05) is 4.90 Å². The highest BCUT2D eigenvalue weighted by Gasteiger charge is 2.32. The van der Waals surface area contributed by atoms with E-state index in [1.54, 1.807) is 12.1 Å². The average molecular weight is 385 g/mol. The third kappa shape index (κ3) is 4.11. The van der Waals surface area contributed by atoms with Gasteiger partial charge in [0.25, 0.3) is 0 Å². The van der Waals surface area contributed by atoms with Gasteiger partial charge in [-0.15, -0.1) is 0 Å². The Morgan fingerprint density at radius 1 is 1.26 bits per heavy atom. The molecule has 2 aliphatic heterocycles. The van der Waals surface area contributed by atoms with Crippen molar-refractivity contribution >= 4 is 21.8 Å². The molecule has 2 aliphatic rings. The Kier molecular flexibility index (Phi) is 5.67. The second kappa shape index (κ2) is 7.73. The molecule has 0 bridgehead atoms. The normalized spacial score (nSPS) is 23.0. The Bertz CT molecular complexity index is 564. The van der Waals surface area contributed by atoms with Crippen LogP contribution in [0.3, 0.4) is 0 Å². The van der Waals surface area contributed by atoms with E-state index in [9.17, 15) is 9.18 Å². The molecule has 23 heavy (non-hydrogen) atoms. The van der Waals surface area contributed by atoms with Gasteiger partial charge in [-0.2, -0.15) is 0 Å². The SMILES string of the molecule is O=C(C1CCCCN1Cc1cc(Br)ccc1F)N1CCOCC1. The molecule has 0 spiro atoms. The zero-order valence-corrected chi connectivity index (χ0v) is 14.7. The molecule has 2 heterocycles. The lowest BCUT2D eigenvalue weighted by atomic mass is 9.99. The van der Waals surface area contributed by atoms with Gasteiger partial charge < -0.3 is 9.64 Å². The second-order valence-electron chi connectivity index (χ2n) is 6.16. The molecule has 0 saturated carbocycles. The standard InChI is InChI=1S/C17H22BrFN2O2/c18-14-4-5-15(19)13(11-14)12-21-6-2-1-3-16(21)17(22)20-7-9-23-10-8-20/h4-5,11,16H,1-3,6-10,12H2. The van der Waals surface area contributed by atoms with Crippen LogP contribution in [0.5, 0.6) is 0 Å². The summed E-state index contributed by atoms with van der Waals surface area (Å²) in [7, 11) is 0. The summed E-state index contributed by atoms with van der Waals surface area (Å²) in [5, 5.41) is 0. The largest absolute Gasteiger partial charge is 0.378 e. The van der Waals surface area contributed by atoms with Crippen molar-refractivity contribution in [3.05, 3.63) is 34.1 Å². The fraction of sp³-hybridized carbons (Fsp3) is 0.588. The van der Waals surface area contributed by atoms with Crippen LogP contribution < -0.4 is 0 Å². The van der Waals surface area contributed by atoms with E-state index in [1.165, 1.54) is 6.07 Å². The zero-order valence-electron chi connectivity index (χ0n) is 13.1. The molecule has 4 nitrogen and oxygen atoms in total. The van der Waals surface area contributed by atoms with Crippen molar-refractivity contribution in [1.82, 2.24) is 9.80 Å². The minimum Gasteiger partial charge on any atom is -0.378 e. The summed E-state index contributed by atoms with van der Waals surface area (Å²) in [6.07, 6.45) is 2.96. The number of benzene rings is 1. The number of hydrogen-bond acceptors (Lipinski definition) is 3. The highest BCUT2D eigenvalue weighted by Crippen LogP contribution is 2.24. The van der Waals surface area contributed by atoms with E-state index in [4.69, 9.17) is 4.74 Å². The molecule has 6 heteroatoms. The summed E-state index contributed by atoms with van der Waals surface area (Å²) in [6.45, 7) is 3.86. The number of morpholine rings is 1. The first-order valence-electron chi connectivity index (χ1n) is 8.19. The van der Waals surface area contributed by atoms with Crippen LogP contribution in [0.2, 0.25) is 0 Å². The molecule has 1 unspecified atom stereocenters. The van der Waals surface area contributed by atoms with E-state index in [0.29, 0.717) is 38.4 Å². The summed E-state index contributed by atoms with van der Waals surface area (Å²) in [5.41, 5.74) is 0.640. The summed E-state index contributed by atoms with van der Waals surface area (Å²) in [4.78, 5) is 16.9. The van der Waals surface area contributed by atoms with Crippen molar-refractivity contribution in [1.29, 1.82) is 0 Å². The molecular formula is C17H22BrFN2O2. The minimum atomic E-state index is -0.212. The quantitative estimate of drug-likeness (QED) is 0.802. The van der Waals surface area contributed by atoms with Crippen LogP contribution in [-0.2, 0) is 16.1 Å². The van der Waals surface area contributed by atoms with Crippen LogP contribution in [-0.4, -0.2) is 54.6 Å². The molecule has 126 valence electrons. The monoisotopic (exact) mass is 384 g/mol. The van der Waals surface area contributed by atoms with Gasteiger partial charge in [-0.1, -0.05) is 22.4 Å². The molecule has 0 aliphatic carbocycles. The lowest BCUT2D eigenvalue weighted by Crippen LogP contribution is -2.53. The highest BCUT2D eigenvalue weighted by molar-refractivity contribution is 9.10. The van der Waals surface area contributed by atoms with Crippen LogP contribution in [0.25, 0.3) is 0 Å². The number of likely N-dealkylation sites (tertiary alicyclic amines) is 1. The van der Waals surface area contributed by atoms with Crippen molar-refractivity contribution < 1.29 is 13.9 Å². The smallest absolute Gasteiger partial charge is 0.240 e. The number of rotatable bonds is 3. The summed E-state index contributed by atoms with van der Waals surface area (Å²) >= 11 is 3.39. The Balaban J connectivity index is 1.73. The summed E-state index contributed by atoms with van der Waals surface area (Å²) < 4.78 is 20.2. The predicted molar refractivity (Wildman–Crippen MR) is 89.5 cm³/mol. The van der Waals surface area contributed by atoms with Gasteiger partial charge >= 0.3 is 0 Å². The van der Waals surface area contributed by atoms with Gasteiger partial charge in [-0.05, 0) is 37.6 Å².